The third-order valence-electron chi connectivity index (χ3n) is 2.42. The molecule has 0 aliphatic rings. The summed E-state index contributed by atoms with van der Waals surface area (Å²) in [5, 5.41) is 0. The second kappa shape index (κ2) is 5.12. The molecule has 0 spiro atoms. The zero-order valence-corrected chi connectivity index (χ0v) is 11.4. The van der Waals surface area contributed by atoms with E-state index in [1.165, 1.54) is 23.9 Å². The maximum atomic E-state index is 10.9. The van der Waals surface area contributed by atoms with Crippen molar-refractivity contribution in [2.75, 3.05) is 11.5 Å². The Kier molecular flexibility index (Phi) is 3.70. The van der Waals surface area contributed by atoms with E-state index in [0.29, 0.717) is 11.4 Å². The van der Waals surface area contributed by atoms with Crippen molar-refractivity contribution in [3.63, 3.8) is 0 Å². The minimum Gasteiger partial charge on any atom is -0.397 e. The molecule has 2 rings (SSSR count). The molecular weight excluding hydrogens is 284 g/mol. The Morgan fingerprint density at radius 1 is 0.895 bits per heavy atom. The lowest BCUT2D eigenvalue weighted by molar-refractivity contribution is 0.483. The highest BCUT2D eigenvalue weighted by Gasteiger charge is 2.09. The van der Waals surface area contributed by atoms with E-state index in [-0.39, 0.29) is 4.90 Å². The van der Waals surface area contributed by atoms with Crippen LogP contribution in [0.25, 0.3) is 0 Å². The van der Waals surface area contributed by atoms with E-state index < -0.39 is 10.1 Å². The largest absolute Gasteiger partial charge is 0.397 e. The molecule has 0 saturated carbocycles. The van der Waals surface area contributed by atoms with Crippen molar-refractivity contribution in [1.82, 2.24) is 0 Å². The van der Waals surface area contributed by atoms with Crippen LogP contribution < -0.4 is 11.5 Å². The average molecular weight is 296 g/mol. The Morgan fingerprint density at radius 2 is 1.47 bits per heavy atom. The van der Waals surface area contributed by atoms with Gasteiger partial charge in [-0.3, -0.25) is 4.55 Å². The maximum Gasteiger partial charge on any atom is 0.294 e. The molecule has 19 heavy (non-hydrogen) atoms. The minimum absolute atomic E-state index is 0.131. The molecule has 5 N–H and O–H groups in total. The summed E-state index contributed by atoms with van der Waals surface area (Å²) in [5.74, 6) is 0. The Bertz CT molecular complexity index is 697. The van der Waals surface area contributed by atoms with Crippen molar-refractivity contribution in [1.29, 1.82) is 0 Å². The van der Waals surface area contributed by atoms with Crippen LogP contribution in [-0.4, -0.2) is 13.0 Å². The van der Waals surface area contributed by atoms with Crippen LogP contribution in [0.5, 0.6) is 0 Å². The number of rotatable bonds is 3. The van der Waals surface area contributed by atoms with Gasteiger partial charge < -0.3 is 11.5 Å². The fourth-order valence-corrected chi connectivity index (χ4v) is 2.78. The Morgan fingerprint density at radius 3 is 2.00 bits per heavy atom. The normalized spacial score (nSPS) is 11.4. The zero-order chi connectivity index (χ0) is 14.0. The first-order chi connectivity index (χ1) is 8.86. The molecule has 5 nitrogen and oxygen atoms in total. The van der Waals surface area contributed by atoms with Crippen molar-refractivity contribution in [3.05, 3.63) is 42.5 Å². The van der Waals surface area contributed by atoms with E-state index in [1.807, 2.05) is 6.07 Å². The average Bonchev–Trinajstić information content (AvgIpc) is 2.33. The van der Waals surface area contributed by atoms with Gasteiger partial charge in [0, 0.05) is 9.79 Å². The molecule has 0 bridgehead atoms. The molecule has 0 aliphatic carbocycles. The van der Waals surface area contributed by atoms with Crippen LogP contribution in [-0.2, 0) is 10.1 Å². The lowest BCUT2D eigenvalue weighted by Gasteiger charge is -2.05. The summed E-state index contributed by atoms with van der Waals surface area (Å²) in [7, 11) is -4.15. The lowest BCUT2D eigenvalue weighted by atomic mass is 10.3. The molecular formula is C12H12N2O3S2. The van der Waals surface area contributed by atoms with Crippen LogP contribution >= 0.6 is 11.8 Å². The minimum atomic E-state index is -4.15. The molecule has 0 unspecified atom stereocenters. The fourth-order valence-electron chi connectivity index (χ4n) is 1.43. The number of hydrogen-bond donors (Lipinski definition) is 3. The predicted molar refractivity (Wildman–Crippen MR) is 75.6 cm³/mol. The number of hydrogen-bond acceptors (Lipinski definition) is 5. The monoisotopic (exact) mass is 296 g/mol. The quantitative estimate of drug-likeness (QED) is 0.592. The number of nitrogens with two attached hydrogens (primary N) is 2. The highest BCUT2D eigenvalue weighted by molar-refractivity contribution is 7.99. The second-order valence-electron chi connectivity index (χ2n) is 3.84. The van der Waals surface area contributed by atoms with Gasteiger partial charge in [0.1, 0.15) is 0 Å². The van der Waals surface area contributed by atoms with E-state index >= 15 is 0 Å². The van der Waals surface area contributed by atoms with Crippen molar-refractivity contribution < 1.29 is 13.0 Å². The van der Waals surface area contributed by atoms with Crippen molar-refractivity contribution in [2.24, 2.45) is 0 Å². The van der Waals surface area contributed by atoms with Crippen molar-refractivity contribution in [2.45, 2.75) is 14.7 Å². The van der Waals surface area contributed by atoms with Crippen LogP contribution in [0.4, 0.5) is 11.4 Å². The summed E-state index contributed by atoms with van der Waals surface area (Å²) in [6.45, 7) is 0. The second-order valence-corrected chi connectivity index (χ2v) is 6.41. The summed E-state index contributed by atoms with van der Waals surface area (Å²) < 4.78 is 30.7. The molecule has 0 aliphatic heterocycles. The number of benzene rings is 2. The first-order valence-corrected chi connectivity index (χ1v) is 7.52. The van der Waals surface area contributed by atoms with Gasteiger partial charge in [-0.1, -0.05) is 11.8 Å². The van der Waals surface area contributed by atoms with Crippen LogP contribution in [0.2, 0.25) is 0 Å². The number of nitrogen functional groups attached to an aromatic ring is 2. The third kappa shape index (κ3) is 3.40. The molecule has 0 fully saturated rings. The molecule has 0 radical (unpaired) electrons. The molecule has 0 heterocycles. The SMILES string of the molecule is Nc1ccc(Sc2ccc(S(=O)(=O)O)cc2)cc1N. The van der Waals surface area contributed by atoms with Crippen LogP contribution in [0.1, 0.15) is 0 Å². The van der Waals surface area contributed by atoms with Gasteiger partial charge >= 0.3 is 0 Å². The van der Waals surface area contributed by atoms with Gasteiger partial charge in [-0.2, -0.15) is 8.42 Å². The smallest absolute Gasteiger partial charge is 0.294 e. The van der Waals surface area contributed by atoms with Crippen LogP contribution in [0, 0.1) is 0 Å². The molecule has 7 heteroatoms. The van der Waals surface area contributed by atoms with Crippen molar-refractivity contribution >= 4 is 33.3 Å². The third-order valence-corrected chi connectivity index (χ3v) is 4.28. The Labute approximate surface area is 115 Å². The zero-order valence-electron chi connectivity index (χ0n) is 9.78. The molecule has 2 aromatic rings. The van der Waals surface area contributed by atoms with Gasteiger partial charge in [0.05, 0.1) is 16.3 Å². The summed E-state index contributed by atoms with van der Waals surface area (Å²) >= 11 is 1.42. The molecule has 0 amide bonds. The van der Waals surface area contributed by atoms with E-state index in [0.717, 1.165) is 9.79 Å². The van der Waals surface area contributed by atoms with Crippen LogP contribution in [0.3, 0.4) is 0 Å². The summed E-state index contributed by atoms with van der Waals surface area (Å²) in [4.78, 5) is 1.59. The molecule has 0 aromatic heterocycles. The highest BCUT2D eigenvalue weighted by Crippen LogP contribution is 2.31. The molecule has 0 atom stereocenters. The predicted octanol–water partition coefficient (Wildman–Crippen LogP) is 2.25. The topological polar surface area (TPSA) is 106 Å². The molecule has 100 valence electrons. The van der Waals surface area contributed by atoms with E-state index in [9.17, 15) is 8.42 Å². The highest BCUT2D eigenvalue weighted by atomic mass is 32.2. The van der Waals surface area contributed by atoms with Crippen molar-refractivity contribution in [3.8, 4) is 0 Å². The summed E-state index contributed by atoms with van der Waals surface area (Å²) in [6.07, 6.45) is 0. The van der Waals surface area contributed by atoms with Gasteiger partial charge in [-0.15, -0.1) is 0 Å². The van der Waals surface area contributed by atoms with Gasteiger partial charge in [0.2, 0.25) is 0 Å². The van der Waals surface area contributed by atoms with Gasteiger partial charge in [0.25, 0.3) is 10.1 Å². The van der Waals surface area contributed by atoms with E-state index in [2.05, 4.69) is 0 Å². The summed E-state index contributed by atoms with van der Waals surface area (Å²) in [5.41, 5.74) is 12.3. The van der Waals surface area contributed by atoms with Gasteiger partial charge in [0.15, 0.2) is 0 Å². The fraction of sp³-hybridized carbons (Fsp3) is 0. The summed E-state index contributed by atoms with van der Waals surface area (Å²) in [6, 6.07) is 11.2. The van der Waals surface area contributed by atoms with Crippen LogP contribution in [0.15, 0.2) is 57.2 Å². The van der Waals surface area contributed by atoms with Gasteiger partial charge in [-0.25, -0.2) is 0 Å². The first-order valence-electron chi connectivity index (χ1n) is 5.27. The standard InChI is InChI=1S/C12H12N2O3S2/c13-11-6-3-9(7-12(11)14)18-8-1-4-10(5-2-8)19(15,16)17/h1-7H,13-14H2,(H,15,16,17). The van der Waals surface area contributed by atoms with Gasteiger partial charge in [-0.05, 0) is 42.5 Å². The molecule has 2 aromatic carbocycles. The van der Waals surface area contributed by atoms with E-state index in [4.69, 9.17) is 16.0 Å². The Hall–Kier alpha value is -1.70. The first kappa shape index (κ1) is 13.7. The molecule has 0 saturated heterocycles. The Balaban J connectivity index is 2.22. The maximum absolute atomic E-state index is 10.9. The lowest BCUT2D eigenvalue weighted by Crippen LogP contribution is -1.97. The van der Waals surface area contributed by atoms with E-state index in [1.54, 1.807) is 24.3 Å². The number of anilines is 2.